The first-order valence-electron chi connectivity index (χ1n) is 9.39. The Morgan fingerprint density at radius 2 is 0.857 bits per heavy atom. The van der Waals surface area contributed by atoms with Crippen LogP contribution in [-0.2, 0) is 38.1 Å². The Morgan fingerprint density at radius 3 is 1.21 bits per heavy atom. The number of unbranched alkanes of at least 4 members (excludes halogenated alkanes) is 5. The lowest BCUT2D eigenvalue weighted by molar-refractivity contribution is -0.149. The molecule has 0 amide bonds. The summed E-state index contributed by atoms with van der Waals surface area (Å²) in [5.74, 6) is -1.70. The summed E-state index contributed by atoms with van der Waals surface area (Å²) < 4.78 is 19.2. The lowest BCUT2D eigenvalue weighted by Crippen LogP contribution is -2.12. The Bertz CT molecular complexity index is 466. The number of esters is 4. The minimum absolute atomic E-state index is 0.0268. The van der Waals surface area contributed by atoms with Gasteiger partial charge in [0.2, 0.25) is 0 Å². The van der Waals surface area contributed by atoms with Crippen molar-refractivity contribution in [3.63, 3.8) is 0 Å². The van der Waals surface area contributed by atoms with E-state index < -0.39 is 11.9 Å². The number of carbonyl (C=O) groups excluding carboxylic acids is 4. The second-order valence-electron chi connectivity index (χ2n) is 5.81. The van der Waals surface area contributed by atoms with Gasteiger partial charge >= 0.3 is 23.9 Å². The molecule has 0 atom stereocenters. The summed E-state index contributed by atoms with van der Waals surface area (Å²) in [7, 11) is 0. The van der Waals surface area contributed by atoms with Crippen molar-refractivity contribution in [3.05, 3.63) is 25.3 Å². The van der Waals surface area contributed by atoms with E-state index in [1.165, 1.54) is 0 Å². The van der Waals surface area contributed by atoms with Crippen molar-refractivity contribution in [1.29, 1.82) is 0 Å². The van der Waals surface area contributed by atoms with Gasteiger partial charge in [-0.05, 0) is 12.8 Å². The first kappa shape index (κ1) is 25.4. The fourth-order valence-electron chi connectivity index (χ4n) is 2.10. The van der Waals surface area contributed by atoms with Gasteiger partial charge in [0.15, 0.2) is 0 Å². The smallest absolute Gasteiger partial charge is 0.330 e. The zero-order valence-electron chi connectivity index (χ0n) is 16.3. The maximum atomic E-state index is 11.5. The van der Waals surface area contributed by atoms with Gasteiger partial charge in [-0.3, -0.25) is 9.59 Å². The number of hydrogen-bond donors (Lipinski definition) is 0. The number of ether oxygens (including phenoxy) is 4. The zero-order valence-corrected chi connectivity index (χ0v) is 16.3. The van der Waals surface area contributed by atoms with E-state index in [9.17, 15) is 19.2 Å². The Hall–Kier alpha value is -2.64. The Kier molecular flexibility index (Phi) is 16.1. The van der Waals surface area contributed by atoms with Crippen LogP contribution in [0.3, 0.4) is 0 Å². The molecule has 8 nitrogen and oxygen atoms in total. The fourth-order valence-corrected chi connectivity index (χ4v) is 2.10. The quantitative estimate of drug-likeness (QED) is 0.159. The summed E-state index contributed by atoms with van der Waals surface area (Å²) in [6.07, 6.45) is 7.97. The molecule has 0 aromatic rings. The van der Waals surface area contributed by atoms with Crippen LogP contribution >= 0.6 is 0 Å². The summed E-state index contributed by atoms with van der Waals surface area (Å²) >= 11 is 0. The molecular formula is C20H30O8. The van der Waals surface area contributed by atoms with Crippen molar-refractivity contribution >= 4 is 23.9 Å². The maximum Gasteiger partial charge on any atom is 0.330 e. The first-order valence-corrected chi connectivity index (χ1v) is 9.39. The molecule has 0 saturated heterocycles. The van der Waals surface area contributed by atoms with E-state index in [1.54, 1.807) is 0 Å². The van der Waals surface area contributed by atoms with Crippen LogP contribution in [0.2, 0.25) is 0 Å². The molecule has 0 N–H and O–H groups in total. The van der Waals surface area contributed by atoms with Crippen molar-refractivity contribution in [1.82, 2.24) is 0 Å². The van der Waals surface area contributed by atoms with Crippen LogP contribution in [0.15, 0.2) is 25.3 Å². The van der Waals surface area contributed by atoms with Gasteiger partial charge in [-0.1, -0.05) is 38.8 Å². The molecule has 0 saturated carbocycles. The number of rotatable bonds is 17. The van der Waals surface area contributed by atoms with E-state index in [-0.39, 0.29) is 38.4 Å². The zero-order chi connectivity index (χ0) is 21.0. The Balaban J connectivity index is 3.38. The summed E-state index contributed by atoms with van der Waals surface area (Å²) in [4.78, 5) is 44.5. The summed E-state index contributed by atoms with van der Waals surface area (Å²) in [6, 6.07) is 0. The molecule has 0 fully saturated rings. The van der Waals surface area contributed by atoms with Crippen molar-refractivity contribution in [3.8, 4) is 0 Å². The predicted octanol–water partition coefficient (Wildman–Crippen LogP) is 2.65. The largest absolute Gasteiger partial charge is 0.462 e. The average molecular weight is 398 g/mol. The van der Waals surface area contributed by atoms with Crippen LogP contribution in [-0.4, -0.2) is 50.3 Å². The summed E-state index contributed by atoms with van der Waals surface area (Å²) in [5, 5.41) is 0. The normalized spacial score (nSPS) is 9.86. The van der Waals surface area contributed by atoms with Gasteiger partial charge in [0.25, 0.3) is 0 Å². The Labute approximate surface area is 165 Å². The van der Waals surface area contributed by atoms with Gasteiger partial charge in [0, 0.05) is 25.0 Å². The third-order valence-corrected chi connectivity index (χ3v) is 3.53. The molecule has 0 aliphatic heterocycles. The minimum atomic E-state index is -0.543. The van der Waals surface area contributed by atoms with Gasteiger partial charge in [-0.15, -0.1) is 0 Å². The van der Waals surface area contributed by atoms with E-state index >= 15 is 0 Å². The van der Waals surface area contributed by atoms with Crippen LogP contribution in [0.25, 0.3) is 0 Å². The van der Waals surface area contributed by atoms with E-state index in [2.05, 4.69) is 13.2 Å². The first-order chi connectivity index (χ1) is 13.5. The molecule has 158 valence electrons. The SMILES string of the molecule is C=CC(=O)OCCOC(=O)CCCCCCCCC(=O)OCCOC(=O)C=C. The van der Waals surface area contributed by atoms with Crippen LogP contribution < -0.4 is 0 Å². The molecule has 0 aliphatic rings. The van der Waals surface area contributed by atoms with Gasteiger partial charge < -0.3 is 18.9 Å². The molecule has 0 rings (SSSR count). The second kappa shape index (κ2) is 17.8. The van der Waals surface area contributed by atoms with Crippen molar-refractivity contribution in [2.24, 2.45) is 0 Å². The number of carbonyl (C=O) groups is 4. The van der Waals surface area contributed by atoms with E-state index in [1.807, 2.05) is 0 Å². The van der Waals surface area contributed by atoms with Crippen LogP contribution in [0.4, 0.5) is 0 Å². The molecular weight excluding hydrogens is 368 g/mol. The van der Waals surface area contributed by atoms with Crippen LogP contribution in [0.1, 0.15) is 51.4 Å². The third-order valence-electron chi connectivity index (χ3n) is 3.53. The standard InChI is InChI=1S/C20H30O8/c1-3-17(21)25-13-15-27-19(23)11-9-7-5-6-8-10-12-20(24)28-16-14-26-18(22)4-2/h3-4H,1-2,5-16H2. The molecule has 28 heavy (non-hydrogen) atoms. The summed E-state index contributed by atoms with van der Waals surface area (Å²) in [5.41, 5.74) is 0. The van der Waals surface area contributed by atoms with E-state index in [0.29, 0.717) is 12.8 Å². The maximum absolute atomic E-state index is 11.5. The predicted molar refractivity (Wildman–Crippen MR) is 101 cm³/mol. The minimum Gasteiger partial charge on any atom is -0.462 e. The van der Waals surface area contributed by atoms with Gasteiger partial charge in [-0.2, -0.15) is 0 Å². The highest BCUT2D eigenvalue weighted by atomic mass is 16.6. The van der Waals surface area contributed by atoms with Crippen molar-refractivity contribution < 1.29 is 38.1 Å². The number of hydrogen-bond acceptors (Lipinski definition) is 8. The average Bonchev–Trinajstić information content (AvgIpc) is 2.69. The molecule has 0 unspecified atom stereocenters. The molecule has 8 heteroatoms. The van der Waals surface area contributed by atoms with E-state index in [4.69, 9.17) is 18.9 Å². The van der Waals surface area contributed by atoms with Gasteiger partial charge in [-0.25, -0.2) is 9.59 Å². The van der Waals surface area contributed by atoms with Crippen molar-refractivity contribution in [2.75, 3.05) is 26.4 Å². The topological polar surface area (TPSA) is 105 Å². The van der Waals surface area contributed by atoms with Gasteiger partial charge in [0.05, 0.1) is 0 Å². The summed E-state index contributed by atoms with van der Waals surface area (Å²) in [6.45, 7) is 6.67. The lowest BCUT2D eigenvalue weighted by atomic mass is 10.1. The molecule has 0 heterocycles. The third kappa shape index (κ3) is 16.8. The molecule has 0 radical (unpaired) electrons. The molecule has 0 bridgehead atoms. The van der Waals surface area contributed by atoms with Crippen molar-refractivity contribution in [2.45, 2.75) is 51.4 Å². The molecule has 0 spiro atoms. The Morgan fingerprint density at radius 1 is 0.536 bits per heavy atom. The van der Waals surface area contributed by atoms with E-state index in [0.717, 1.165) is 50.7 Å². The second-order valence-corrected chi connectivity index (χ2v) is 5.81. The lowest BCUT2D eigenvalue weighted by Gasteiger charge is -2.06. The highest BCUT2D eigenvalue weighted by Gasteiger charge is 2.05. The highest BCUT2D eigenvalue weighted by molar-refractivity contribution is 5.81. The fraction of sp³-hybridized carbons (Fsp3) is 0.600. The monoisotopic (exact) mass is 398 g/mol. The van der Waals surface area contributed by atoms with Gasteiger partial charge in [0.1, 0.15) is 26.4 Å². The van der Waals surface area contributed by atoms with Crippen LogP contribution in [0, 0.1) is 0 Å². The highest BCUT2D eigenvalue weighted by Crippen LogP contribution is 2.09. The van der Waals surface area contributed by atoms with Crippen LogP contribution in [0.5, 0.6) is 0 Å². The molecule has 0 aromatic heterocycles. The molecule has 0 aromatic carbocycles. The molecule has 0 aliphatic carbocycles.